The minimum atomic E-state index is -3.65. The van der Waals surface area contributed by atoms with Crippen molar-refractivity contribution in [2.24, 2.45) is 0 Å². The van der Waals surface area contributed by atoms with E-state index in [9.17, 15) is 8.42 Å². The van der Waals surface area contributed by atoms with Gasteiger partial charge in [-0.2, -0.15) is 0 Å². The van der Waals surface area contributed by atoms with Crippen LogP contribution in [0.25, 0.3) is 0 Å². The Morgan fingerprint density at radius 2 is 2.05 bits per heavy atom. The highest BCUT2D eigenvalue weighted by Gasteiger charge is 2.32. The van der Waals surface area contributed by atoms with Gasteiger partial charge in [0.25, 0.3) is 0 Å². The Labute approximate surface area is 127 Å². The molecule has 112 valence electrons. The Kier molecular flexibility index (Phi) is 3.92. The molecular formula is C12H14ClN5O2S. The molecule has 0 aromatic carbocycles. The summed E-state index contributed by atoms with van der Waals surface area (Å²) in [4.78, 5) is 11.5. The van der Waals surface area contributed by atoms with Crippen molar-refractivity contribution in [2.45, 2.75) is 36.2 Å². The largest absolute Gasteiger partial charge is 0.333 e. The molecule has 1 aliphatic carbocycles. The number of nitrogens with one attached hydrogen (secondary N) is 1. The van der Waals surface area contributed by atoms with Gasteiger partial charge in [0.15, 0.2) is 0 Å². The zero-order valence-corrected chi connectivity index (χ0v) is 12.6. The molecule has 2 atom stereocenters. The van der Waals surface area contributed by atoms with Crippen LogP contribution < -0.4 is 4.72 Å². The molecule has 0 aliphatic heterocycles. The predicted molar refractivity (Wildman–Crippen MR) is 76.3 cm³/mol. The van der Waals surface area contributed by atoms with Gasteiger partial charge in [0, 0.05) is 18.4 Å². The summed E-state index contributed by atoms with van der Waals surface area (Å²) in [6.07, 6.45) is 10.3. The molecule has 21 heavy (non-hydrogen) atoms. The molecule has 2 unspecified atom stereocenters. The summed E-state index contributed by atoms with van der Waals surface area (Å²) in [5.41, 5.74) is 0. The monoisotopic (exact) mass is 327 g/mol. The molecule has 2 aromatic rings. The second-order valence-electron chi connectivity index (χ2n) is 4.92. The van der Waals surface area contributed by atoms with Gasteiger partial charge in [0.1, 0.15) is 4.90 Å². The van der Waals surface area contributed by atoms with Crippen molar-refractivity contribution in [1.29, 1.82) is 0 Å². The smallest absolute Gasteiger partial charge is 0.243 e. The standard InChI is InChI=1S/C12H14ClN5O2S/c13-12-15-6-9(7-16-12)21(19,20)17-10-2-1-3-11(10)18-5-4-14-8-18/h4-8,10-11,17H,1-3H2. The minimum absolute atomic E-state index is 0.0168. The van der Waals surface area contributed by atoms with E-state index >= 15 is 0 Å². The van der Waals surface area contributed by atoms with Crippen molar-refractivity contribution >= 4 is 21.6 Å². The maximum absolute atomic E-state index is 12.4. The molecule has 0 bridgehead atoms. The van der Waals surface area contributed by atoms with E-state index < -0.39 is 10.0 Å². The van der Waals surface area contributed by atoms with E-state index in [0.717, 1.165) is 19.3 Å². The molecule has 2 heterocycles. The van der Waals surface area contributed by atoms with Crippen LogP contribution in [-0.4, -0.2) is 34.0 Å². The van der Waals surface area contributed by atoms with Crippen LogP contribution in [0, 0.1) is 0 Å². The number of imidazole rings is 1. The van der Waals surface area contributed by atoms with E-state index in [2.05, 4.69) is 19.7 Å². The molecule has 0 amide bonds. The molecule has 2 aromatic heterocycles. The van der Waals surface area contributed by atoms with Gasteiger partial charge in [-0.15, -0.1) is 0 Å². The molecule has 7 nitrogen and oxygen atoms in total. The van der Waals surface area contributed by atoms with Gasteiger partial charge in [0.05, 0.1) is 24.8 Å². The average Bonchev–Trinajstić information content (AvgIpc) is 3.09. The summed E-state index contributed by atoms with van der Waals surface area (Å²) < 4.78 is 29.4. The van der Waals surface area contributed by atoms with E-state index in [1.54, 1.807) is 12.5 Å². The number of nitrogens with zero attached hydrogens (tertiary/aromatic N) is 4. The third-order valence-corrected chi connectivity index (χ3v) is 5.24. The summed E-state index contributed by atoms with van der Waals surface area (Å²) in [6, 6.07) is -0.0876. The Morgan fingerprint density at radius 3 is 2.71 bits per heavy atom. The predicted octanol–water partition coefficient (Wildman–Crippen LogP) is 1.40. The number of aromatic nitrogens is 4. The van der Waals surface area contributed by atoms with E-state index in [1.807, 2.05) is 10.8 Å². The van der Waals surface area contributed by atoms with Gasteiger partial charge in [-0.25, -0.2) is 28.1 Å². The van der Waals surface area contributed by atoms with Gasteiger partial charge < -0.3 is 4.57 Å². The van der Waals surface area contributed by atoms with Crippen LogP contribution in [0.4, 0.5) is 0 Å². The van der Waals surface area contributed by atoms with Crippen LogP contribution in [0.3, 0.4) is 0 Å². The molecule has 1 N–H and O–H groups in total. The van der Waals surface area contributed by atoms with E-state index in [4.69, 9.17) is 11.6 Å². The number of sulfonamides is 1. The third-order valence-electron chi connectivity index (χ3n) is 3.60. The molecule has 1 aliphatic rings. The van der Waals surface area contributed by atoms with Crippen molar-refractivity contribution < 1.29 is 8.42 Å². The molecule has 3 rings (SSSR count). The molecule has 9 heteroatoms. The number of hydrogen-bond donors (Lipinski definition) is 1. The lowest BCUT2D eigenvalue weighted by atomic mass is 10.2. The van der Waals surface area contributed by atoms with Gasteiger partial charge in [-0.05, 0) is 30.9 Å². The van der Waals surface area contributed by atoms with E-state index in [1.165, 1.54) is 12.4 Å². The number of hydrogen-bond acceptors (Lipinski definition) is 5. The van der Waals surface area contributed by atoms with Gasteiger partial charge >= 0.3 is 0 Å². The van der Waals surface area contributed by atoms with Crippen LogP contribution in [0.1, 0.15) is 25.3 Å². The fraction of sp³-hybridized carbons (Fsp3) is 0.417. The van der Waals surface area contributed by atoms with E-state index in [0.29, 0.717) is 0 Å². The molecule has 0 spiro atoms. The highest BCUT2D eigenvalue weighted by molar-refractivity contribution is 7.89. The lowest BCUT2D eigenvalue weighted by Gasteiger charge is -2.21. The second kappa shape index (κ2) is 5.70. The molecular weight excluding hydrogens is 314 g/mol. The van der Waals surface area contributed by atoms with Crippen LogP contribution in [0.5, 0.6) is 0 Å². The fourth-order valence-electron chi connectivity index (χ4n) is 2.61. The fourth-order valence-corrected chi connectivity index (χ4v) is 3.90. The minimum Gasteiger partial charge on any atom is -0.333 e. The second-order valence-corrected chi connectivity index (χ2v) is 6.98. The first kappa shape index (κ1) is 14.4. The Bertz CT molecular complexity index is 702. The van der Waals surface area contributed by atoms with Gasteiger partial charge in [-0.3, -0.25) is 0 Å². The highest BCUT2D eigenvalue weighted by atomic mass is 35.5. The van der Waals surface area contributed by atoms with Crippen molar-refractivity contribution in [3.63, 3.8) is 0 Å². The summed E-state index contributed by atoms with van der Waals surface area (Å²) in [5, 5.41) is 0.0195. The Balaban J connectivity index is 1.80. The van der Waals surface area contributed by atoms with Crippen LogP contribution in [-0.2, 0) is 10.0 Å². The summed E-state index contributed by atoms with van der Waals surface area (Å²) in [6.45, 7) is 0. The van der Waals surface area contributed by atoms with Crippen LogP contribution in [0.2, 0.25) is 5.28 Å². The van der Waals surface area contributed by atoms with E-state index in [-0.39, 0.29) is 22.3 Å². The van der Waals surface area contributed by atoms with Crippen molar-refractivity contribution in [3.8, 4) is 0 Å². The number of rotatable bonds is 4. The first-order chi connectivity index (χ1) is 10.1. The Hall–Kier alpha value is -1.51. The Morgan fingerprint density at radius 1 is 1.29 bits per heavy atom. The zero-order valence-electron chi connectivity index (χ0n) is 11.1. The highest BCUT2D eigenvalue weighted by Crippen LogP contribution is 2.30. The summed E-state index contributed by atoms with van der Waals surface area (Å²) >= 11 is 5.58. The van der Waals surface area contributed by atoms with Gasteiger partial charge in [-0.1, -0.05) is 0 Å². The van der Waals surface area contributed by atoms with Crippen molar-refractivity contribution in [1.82, 2.24) is 24.2 Å². The maximum Gasteiger partial charge on any atom is 0.243 e. The summed E-state index contributed by atoms with van der Waals surface area (Å²) in [5.74, 6) is 0. The summed E-state index contributed by atoms with van der Waals surface area (Å²) in [7, 11) is -3.65. The quantitative estimate of drug-likeness (QED) is 0.857. The zero-order chi connectivity index (χ0) is 14.9. The lowest BCUT2D eigenvalue weighted by molar-refractivity contribution is 0.431. The van der Waals surface area contributed by atoms with Crippen LogP contribution in [0.15, 0.2) is 36.0 Å². The maximum atomic E-state index is 12.4. The van der Waals surface area contributed by atoms with Crippen LogP contribution >= 0.6 is 11.6 Å². The first-order valence-corrected chi connectivity index (χ1v) is 8.40. The van der Waals surface area contributed by atoms with Crippen molar-refractivity contribution in [2.75, 3.05) is 0 Å². The molecule has 1 fully saturated rings. The third kappa shape index (κ3) is 3.07. The molecule has 0 radical (unpaired) electrons. The SMILES string of the molecule is O=S(=O)(NC1CCCC1n1ccnc1)c1cnc(Cl)nc1. The topological polar surface area (TPSA) is 89.8 Å². The number of halogens is 1. The lowest BCUT2D eigenvalue weighted by Crippen LogP contribution is -2.38. The van der Waals surface area contributed by atoms with Gasteiger partial charge in [0.2, 0.25) is 15.3 Å². The molecule has 0 saturated heterocycles. The first-order valence-electron chi connectivity index (χ1n) is 6.53. The average molecular weight is 328 g/mol. The normalized spacial score (nSPS) is 22.5. The molecule has 1 saturated carbocycles. The van der Waals surface area contributed by atoms with Crippen molar-refractivity contribution in [3.05, 3.63) is 36.4 Å².